The SMILES string of the molecule is O=C(NCc1nnc(SCc2ccccc2)n1-c1cc(Cl)ccc1Cl)C1CC1c1ccccc1. The maximum Gasteiger partial charge on any atom is 0.224 e. The summed E-state index contributed by atoms with van der Waals surface area (Å²) in [6, 6.07) is 25.6. The van der Waals surface area contributed by atoms with Gasteiger partial charge in [-0.3, -0.25) is 9.36 Å². The van der Waals surface area contributed by atoms with Gasteiger partial charge in [0.05, 0.1) is 17.3 Å². The molecule has 1 saturated carbocycles. The molecule has 5 nitrogen and oxygen atoms in total. The molecule has 1 aliphatic carbocycles. The van der Waals surface area contributed by atoms with Crippen molar-refractivity contribution in [2.24, 2.45) is 5.92 Å². The molecule has 0 saturated heterocycles. The Morgan fingerprint density at radius 1 is 1.00 bits per heavy atom. The molecule has 2 unspecified atom stereocenters. The molecule has 2 atom stereocenters. The first-order chi connectivity index (χ1) is 16.6. The van der Waals surface area contributed by atoms with Crippen LogP contribution >= 0.6 is 35.0 Å². The minimum atomic E-state index is -0.0135. The van der Waals surface area contributed by atoms with Crippen molar-refractivity contribution < 1.29 is 4.79 Å². The molecule has 1 N–H and O–H groups in total. The van der Waals surface area contributed by atoms with Gasteiger partial charge < -0.3 is 5.32 Å². The van der Waals surface area contributed by atoms with Gasteiger partial charge in [-0.25, -0.2) is 0 Å². The van der Waals surface area contributed by atoms with E-state index in [1.807, 2.05) is 41.0 Å². The number of nitrogens with zero attached hydrogens (tertiary/aromatic N) is 3. The lowest BCUT2D eigenvalue weighted by molar-refractivity contribution is -0.122. The Labute approximate surface area is 212 Å². The number of thioether (sulfide) groups is 1. The van der Waals surface area contributed by atoms with Crippen LogP contribution in [0.3, 0.4) is 0 Å². The molecule has 1 fully saturated rings. The standard InChI is InChI=1S/C26H22Cl2N4OS/c27-19-11-12-22(28)23(13-19)32-24(30-31-26(32)34-16-17-7-3-1-4-8-17)15-29-25(33)21-14-20(21)18-9-5-2-6-10-18/h1-13,20-21H,14-16H2,(H,29,33). The fraction of sp³-hybridized carbons (Fsp3) is 0.192. The van der Waals surface area contributed by atoms with Crippen molar-refractivity contribution in [1.29, 1.82) is 0 Å². The molecule has 0 aliphatic heterocycles. The Morgan fingerprint density at radius 2 is 1.74 bits per heavy atom. The molecule has 172 valence electrons. The van der Waals surface area contributed by atoms with Crippen LogP contribution < -0.4 is 5.32 Å². The van der Waals surface area contributed by atoms with Crippen molar-refractivity contribution in [3.05, 3.63) is 106 Å². The van der Waals surface area contributed by atoms with Gasteiger partial charge in [-0.2, -0.15) is 0 Å². The summed E-state index contributed by atoms with van der Waals surface area (Å²) in [7, 11) is 0. The Balaban J connectivity index is 1.35. The third-order valence-electron chi connectivity index (χ3n) is 5.84. The zero-order valence-corrected chi connectivity index (χ0v) is 20.5. The molecule has 3 aromatic carbocycles. The summed E-state index contributed by atoms with van der Waals surface area (Å²) in [5, 5.41) is 13.6. The Morgan fingerprint density at radius 3 is 2.50 bits per heavy atom. The van der Waals surface area contributed by atoms with E-state index in [4.69, 9.17) is 23.2 Å². The summed E-state index contributed by atoms with van der Waals surface area (Å²) in [6.07, 6.45) is 0.862. The van der Waals surface area contributed by atoms with Crippen LogP contribution in [0.15, 0.2) is 84.0 Å². The van der Waals surface area contributed by atoms with Crippen molar-refractivity contribution in [1.82, 2.24) is 20.1 Å². The van der Waals surface area contributed by atoms with Crippen LogP contribution in [0.2, 0.25) is 10.0 Å². The highest BCUT2D eigenvalue weighted by atomic mass is 35.5. The lowest BCUT2D eigenvalue weighted by atomic mass is 10.1. The van der Waals surface area contributed by atoms with Crippen LogP contribution in [-0.4, -0.2) is 20.7 Å². The number of nitrogens with one attached hydrogen (secondary N) is 1. The number of aromatic nitrogens is 3. The molecule has 1 heterocycles. The number of carbonyl (C=O) groups excluding carboxylic acids is 1. The monoisotopic (exact) mass is 508 g/mol. The van der Waals surface area contributed by atoms with E-state index in [1.165, 1.54) is 11.1 Å². The van der Waals surface area contributed by atoms with Gasteiger partial charge >= 0.3 is 0 Å². The summed E-state index contributed by atoms with van der Waals surface area (Å²) in [6.45, 7) is 0.249. The van der Waals surface area contributed by atoms with Gasteiger partial charge in [-0.05, 0) is 41.7 Å². The van der Waals surface area contributed by atoms with Gasteiger partial charge in [0.25, 0.3) is 0 Å². The second-order valence-electron chi connectivity index (χ2n) is 8.18. The summed E-state index contributed by atoms with van der Waals surface area (Å²) >= 11 is 14.4. The van der Waals surface area contributed by atoms with E-state index < -0.39 is 0 Å². The summed E-state index contributed by atoms with van der Waals surface area (Å²) < 4.78 is 1.88. The molecule has 8 heteroatoms. The van der Waals surface area contributed by atoms with E-state index in [9.17, 15) is 4.79 Å². The van der Waals surface area contributed by atoms with Crippen molar-refractivity contribution in [2.75, 3.05) is 0 Å². The topological polar surface area (TPSA) is 59.8 Å². The molecule has 0 radical (unpaired) electrons. The fourth-order valence-corrected chi connectivity index (χ4v) is 5.27. The third kappa shape index (κ3) is 5.14. The summed E-state index contributed by atoms with van der Waals surface area (Å²) in [4.78, 5) is 12.8. The third-order valence-corrected chi connectivity index (χ3v) is 7.39. The van der Waals surface area contributed by atoms with Gasteiger partial charge in [-0.15, -0.1) is 10.2 Å². The quantitative estimate of drug-likeness (QED) is 0.284. The molecule has 34 heavy (non-hydrogen) atoms. The zero-order chi connectivity index (χ0) is 23.5. The van der Waals surface area contributed by atoms with Crippen molar-refractivity contribution in [3.63, 3.8) is 0 Å². The highest BCUT2D eigenvalue weighted by molar-refractivity contribution is 7.98. The van der Waals surface area contributed by atoms with Crippen LogP contribution in [0.25, 0.3) is 5.69 Å². The van der Waals surface area contributed by atoms with Gasteiger partial charge in [0.1, 0.15) is 0 Å². The fourth-order valence-electron chi connectivity index (χ4n) is 3.98. The minimum absolute atomic E-state index is 0.0135. The molecule has 1 amide bonds. The number of rotatable bonds is 8. The second kappa shape index (κ2) is 10.2. The molecule has 0 bridgehead atoms. The Kier molecular flexibility index (Phi) is 6.90. The molecular weight excluding hydrogens is 487 g/mol. The van der Waals surface area contributed by atoms with Crippen LogP contribution in [0, 0.1) is 5.92 Å². The maximum absolute atomic E-state index is 12.8. The van der Waals surface area contributed by atoms with E-state index >= 15 is 0 Å². The van der Waals surface area contributed by atoms with Gasteiger partial charge in [0.2, 0.25) is 5.91 Å². The molecule has 0 spiro atoms. The van der Waals surface area contributed by atoms with E-state index in [-0.39, 0.29) is 24.3 Å². The molecule has 1 aliphatic rings. The largest absolute Gasteiger partial charge is 0.349 e. The van der Waals surface area contributed by atoms with Gasteiger partial charge in [0.15, 0.2) is 11.0 Å². The highest BCUT2D eigenvalue weighted by Crippen LogP contribution is 2.47. The minimum Gasteiger partial charge on any atom is -0.349 e. The number of halogens is 2. The lowest BCUT2D eigenvalue weighted by Gasteiger charge is -2.13. The maximum atomic E-state index is 12.8. The normalized spacial score (nSPS) is 16.9. The Hall–Kier alpha value is -2.80. The molecule has 1 aromatic heterocycles. The molecule has 5 rings (SSSR count). The summed E-state index contributed by atoms with van der Waals surface area (Å²) in [5.74, 6) is 1.62. The van der Waals surface area contributed by atoms with E-state index in [0.29, 0.717) is 26.7 Å². The van der Waals surface area contributed by atoms with Crippen LogP contribution in [0.5, 0.6) is 0 Å². The predicted octanol–water partition coefficient (Wildman–Crippen LogP) is 6.29. The average molecular weight is 509 g/mol. The number of benzene rings is 3. The van der Waals surface area contributed by atoms with Gasteiger partial charge in [-0.1, -0.05) is 95.6 Å². The average Bonchev–Trinajstić information content (AvgIpc) is 3.58. The summed E-state index contributed by atoms with van der Waals surface area (Å²) in [5.41, 5.74) is 3.07. The van der Waals surface area contributed by atoms with Crippen molar-refractivity contribution in [3.8, 4) is 5.69 Å². The van der Waals surface area contributed by atoms with Crippen LogP contribution in [-0.2, 0) is 17.1 Å². The number of hydrogen-bond donors (Lipinski definition) is 1. The number of carbonyl (C=O) groups is 1. The van der Waals surface area contributed by atoms with Crippen molar-refractivity contribution >= 4 is 40.9 Å². The van der Waals surface area contributed by atoms with Crippen LogP contribution in [0.4, 0.5) is 0 Å². The molecular formula is C26H22Cl2N4OS. The number of hydrogen-bond acceptors (Lipinski definition) is 4. The lowest BCUT2D eigenvalue weighted by Crippen LogP contribution is -2.26. The first kappa shape index (κ1) is 23.0. The Bertz CT molecular complexity index is 1300. The van der Waals surface area contributed by atoms with Gasteiger partial charge in [0, 0.05) is 16.7 Å². The van der Waals surface area contributed by atoms with Crippen molar-refractivity contribution in [2.45, 2.75) is 29.8 Å². The first-order valence-electron chi connectivity index (χ1n) is 11.0. The highest BCUT2D eigenvalue weighted by Gasteiger charge is 2.43. The van der Waals surface area contributed by atoms with E-state index in [1.54, 1.807) is 30.0 Å². The number of amides is 1. The molecule has 4 aromatic rings. The van der Waals surface area contributed by atoms with Crippen LogP contribution in [0.1, 0.15) is 29.3 Å². The first-order valence-corrected chi connectivity index (χ1v) is 12.7. The zero-order valence-electron chi connectivity index (χ0n) is 18.2. The smallest absolute Gasteiger partial charge is 0.224 e. The van der Waals surface area contributed by atoms with E-state index in [0.717, 1.165) is 12.2 Å². The van der Waals surface area contributed by atoms with E-state index in [2.05, 4.69) is 39.8 Å². The second-order valence-corrected chi connectivity index (χ2v) is 9.97. The predicted molar refractivity (Wildman–Crippen MR) is 137 cm³/mol.